The maximum atomic E-state index is 6.09. The Hall–Kier alpha value is -0.530. The summed E-state index contributed by atoms with van der Waals surface area (Å²) in [6.45, 7) is 5.35. The zero-order valence-corrected chi connectivity index (χ0v) is 10.8. The highest BCUT2D eigenvalue weighted by atomic mass is 35.5. The van der Waals surface area contributed by atoms with Crippen molar-refractivity contribution in [1.29, 1.82) is 0 Å². The van der Waals surface area contributed by atoms with Gasteiger partial charge in [0.15, 0.2) is 0 Å². The molecule has 2 rings (SSSR count). The molecule has 1 aromatic rings. The molecule has 0 aliphatic heterocycles. The minimum atomic E-state index is 0.483. The lowest BCUT2D eigenvalue weighted by molar-refractivity contribution is 0.485. The first-order chi connectivity index (χ1) is 7.70. The molecule has 1 saturated carbocycles. The fourth-order valence-corrected chi connectivity index (χ4v) is 2.42. The van der Waals surface area contributed by atoms with Crippen molar-refractivity contribution in [3.8, 4) is 0 Å². The van der Waals surface area contributed by atoms with Crippen LogP contribution in [-0.4, -0.2) is 6.54 Å². The Kier molecular flexibility index (Phi) is 3.88. The normalized spacial score (nSPS) is 17.4. The molecule has 1 aromatic carbocycles. The highest BCUT2D eigenvalue weighted by Gasteiger charge is 2.26. The average molecular weight is 238 g/mol. The maximum absolute atomic E-state index is 6.09. The molecule has 2 heteroatoms. The molecule has 1 fully saturated rings. The van der Waals surface area contributed by atoms with E-state index < -0.39 is 0 Å². The minimum absolute atomic E-state index is 0.483. The maximum Gasteiger partial charge on any atom is 0.0409 e. The smallest absolute Gasteiger partial charge is 0.0409 e. The molecule has 0 bridgehead atoms. The van der Waals surface area contributed by atoms with Crippen LogP contribution < -0.4 is 5.32 Å². The van der Waals surface area contributed by atoms with Gasteiger partial charge in [-0.25, -0.2) is 0 Å². The number of hydrogen-bond acceptors (Lipinski definition) is 1. The van der Waals surface area contributed by atoms with E-state index >= 15 is 0 Å². The Morgan fingerprint density at radius 2 is 2.19 bits per heavy atom. The summed E-state index contributed by atoms with van der Waals surface area (Å²) >= 11 is 6.09. The molecule has 0 saturated heterocycles. The van der Waals surface area contributed by atoms with Gasteiger partial charge in [-0.3, -0.25) is 0 Å². The summed E-state index contributed by atoms with van der Waals surface area (Å²) < 4.78 is 0. The van der Waals surface area contributed by atoms with E-state index in [0.717, 1.165) is 17.5 Å². The Morgan fingerprint density at radius 1 is 1.44 bits per heavy atom. The second-order valence-electron chi connectivity index (χ2n) is 4.79. The highest BCUT2D eigenvalue weighted by Crippen LogP contribution is 2.38. The zero-order valence-electron chi connectivity index (χ0n) is 10.1. The van der Waals surface area contributed by atoms with Gasteiger partial charge in [-0.15, -0.1) is 0 Å². The molecule has 0 aromatic heterocycles. The molecule has 1 aliphatic rings. The molecule has 16 heavy (non-hydrogen) atoms. The molecule has 1 atom stereocenters. The number of hydrogen-bond donors (Lipinski definition) is 1. The van der Waals surface area contributed by atoms with Gasteiger partial charge >= 0.3 is 0 Å². The summed E-state index contributed by atoms with van der Waals surface area (Å²) in [5.41, 5.74) is 2.72. The van der Waals surface area contributed by atoms with Crippen molar-refractivity contribution in [2.45, 2.75) is 39.2 Å². The first-order valence-electron chi connectivity index (χ1n) is 6.20. The fourth-order valence-electron chi connectivity index (χ4n) is 2.24. The van der Waals surface area contributed by atoms with Crippen molar-refractivity contribution >= 4 is 11.6 Å². The number of benzene rings is 1. The molecular formula is C14H20ClN. The summed E-state index contributed by atoms with van der Waals surface area (Å²) in [4.78, 5) is 0. The van der Waals surface area contributed by atoms with Crippen LogP contribution in [0.2, 0.25) is 5.02 Å². The van der Waals surface area contributed by atoms with E-state index in [0.29, 0.717) is 6.04 Å². The van der Waals surface area contributed by atoms with Crippen molar-refractivity contribution in [1.82, 2.24) is 5.32 Å². The first-order valence-corrected chi connectivity index (χ1v) is 6.58. The molecule has 88 valence electrons. The second-order valence-corrected chi connectivity index (χ2v) is 5.23. The molecule has 1 unspecified atom stereocenters. The Balaban J connectivity index is 2.18. The lowest BCUT2D eigenvalue weighted by atomic mass is 9.97. The molecule has 1 aliphatic carbocycles. The van der Waals surface area contributed by atoms with Gasteiger partial charge in [0.2, 0.25) is 0 Å². The van der Waals surface area contributed by atoms with E-state index in [9.17, 15) is 0 Å². The van der Waals surface area contributed by atoms with Crippen LogP contribution in [0.3, 0.4) is 0 Å². The van der Waals surface area contributed by atoms with E-state index in [1.807, 2.05) is 6.07 Å². The van der Waals surface area contributed by atoms with Crippen molar-refractivity contribution in [3.63, 3.8) is 0 Å². The summed E-state index contributed by atoms with van der Waals surface area (Å²) in [5, 5.41) is 4.43. The third-order valence-electron chi connectivity index (χ3n) is 3.33. The summed E-state index contributed by atoms with van der Waals surface area (Å²) in [6.07, 6.45) is 4.07. The average Bonchev–Trinajstić information content (AvgIpc) is 3.05. The van der Waals surface area contributed by atoms with Crippen LogP contribution in [0.5, 0.6) is 0 Å². The van der Waals surface area contributed by atoms with Gasteiger partial charge in [0.05, 0.1) is 0 Å². The molecule has 1 nitrogen and oxygen atoms in total. The predicted octanol–water partition coefficient (Wildman–Crippen LogP) is 4.10. The third-order valence-corrected chi connectivity index (χ3v) is 3.57. The van der Waals surface area contributed by atoms with Gasteiger partial charge in [-0.05, 0) is 49.1 Å². The van der Waals surface area contributed by atoms with E-state index in [1.54, 1.807) is 0 Å². The SMILES string of the molecule is CCNC(CC1CC1)c1cc(Cl)ccc1C. The number of halogens is 1. The van der Waals surface area contributed by atoms with E-state index in [-0.39, 0.29) is 0 Å². The topological polar surface area (TPSA) is 12.0 Å². The van der Waals surface area contributed by atoms with Crippen LogP contribution in [0.25, 0.3) is 0 Å². The van der Waals surface area contributed by atoms with E-state index in [2.05, 4.69) is 31.3 Å². The van der Waals surface area contributed by atoms with Crippen molar-refractivity contribution in [3.05, 3.63) is 34.3 Å². The van der Waals surface area contributed by atoms with Gasteiger partial charge < -0.3 is 5.32 Å². The van der Waals surface area contributed by atoms with Gasteiger partial charge in [0, 0.05) is 11.1 Å². The third kappa shape index (κ3) is 2.99. The molecule has 0 amide bonds. The summed E-state index contributed by atoms with van der Waals surface area (Å²) in [5.74, 6) is 0.933. The van der Waals surface area contributed by atoms with Gasteiger partial charge in [0.1, 0.15) is 0 Å². The van der Waals surface area contributed by atoms with E-state index in [1.165, 1.54) is 30.4 Å². The molecular weight excluding hydrogens is 218 g/mol. The highest BCUT2D eigenvalue weighted by molar-refractivity contribution is 6.30. The van der Waals surface area contributed by atoms with Crippen LogP contribution >= 0.6 is 11.6 Å². The Bertz CT molecular complexity index is 358. The van der Waals surface area contributed by atoms with Crippen LogP contribution in [0, 0.1) is 12.8 Å². The first kappa shape index (κ1) is 11.9. The van der Waals surface area contributed by atoms with Crippen LogP contribution in [0.1, 0.15) is 43.4 Å². The second kappa shape index (κ2) is 5.20. The molecule has 0 radical (unpaired) electrons. The quantitative estimate of drug-likeness (QED) is 0.813. The van der Waals surface area contributed by atoms with Crippen LogP contribution in [0.15, 0.2) is 18.2 Å². The van der Waals surface area contributed by atoms with Crippen LogP contribution in [-0.2, 0) is 0 Å². The van der Waals surface area contributed by atoms with E-state index in [4.69, 9.17) is 11.6 Å². The minimum Gasteiger partial charge on any atom is -0.310 e. The number of nitrogens with one attached hydrogen (secondary N) is 1. The van der Waals surface area contributed by atoms with Crippen LogP contribution in [0.4, 0.5) is 0 Å². The number of aryl methyl sites for hydroxylation is 1. The molecule has 1 N–H and O–H groups in total. The number of rotatable bonds is 5. The molecule has 0 spiro atoms. The van der Waals surface area contributed by atoms with Gasteiger partial charge in [-0.2, -0.15) is 0 Å². The van der Waals surface area contributed by atoms with Gasteiger partial charge in [-0.1, -0.05) is 37.4 Å². The monoisotopic (exact) mass is 237 g/mol. The summed E-state index contributed by atoms with van der Waals surface area (Å²) in [6, 6.07) is 6.69. The lowest BCUT2D eigenvalue weighted by Crippen LogP contribution is -2.22. The zero-order chi connectivity index (χ0) is 11.5. The molecule has 0 heterocycles. The van der Waals surface area contributed by atoms with Crippen molar-refractivity contribution < 1.29 is 0 Å². The largest absolute Gasteiger partial charge is 0.310 e. The lowest BCUT2D eigenvalue weighted by Gasteiger charge is -2.20. The summed E-state index contributed by atoms with van der Waals surface area (Å²) in [7, 11) is 0. The predicted molar refractivity (Wildman–Crippen MR) is 69.9 cm³/mol. The Morgan fingerprint density at radius 3 is 2.81 bits per heavy atom. The van der Waals surface area contributed by atoms with Gasteiger partial charge in [0.25, 0.3) is 0 Å². The fraction of sp³-hybridized carbons (Fsp3) is 0.571. The standard InChI is InChI=1S/C14H20ClN/c1-3-16-14(8-11-5-6-11)13-9-12(15)7-4-10(13)2/h4,7,9,11,14,16H,3,5-6,8H2,1-2H3. The van der Waals surface area contributed by atoms with Crippen molar-refractivity contribution in [2.24, 2.45) is 5.92 Å². The van der Waals surface area contributed by atoms with Crippen molar-refractivity contribution in [2.75, 3.05) is 6.54 Å². The Labute approximate surface area is 103 Å².